The lowest BCUT2D eigenvalue weighted by Crippen LogP contribution is -2.21. The Balaban J connectivity index is 2.19. The number of nitrogens with one attached hydrogen (secondary N) is 1. The molecule has 3 rings (SSSR count). The summed E-state index contributed by atoms with van der Waals surface area (Å²) >= 11 is 0. The van der Waals surface area contributed by atoms with Crippen LogP contribution in [0.25, 0.3) is 10.8 Å². The third kappa shape index (κ3) is 2.31. The van der Waals surface area contributed by atoms with E-state index in [9.17, 15) is 8.42 Å². The molecule has 1 aliphatic carbocycles. The zero-order valence-corrected chi connectivity index (χ0v) is 11.3. The maximum Gasteiger partial charge on any atom is 0.241 e. The quantitative estimate of drug-likeness (QED) is 0.933. The van der Waals surface area contributed by atoms with Gasteiger partial charge in [0.05, 0.1) is 18.0 Å². The molecule has 0 saturated heterocycles. The first-order valence-electron chi connectivity index (χ1n) is 6.05. The summed E-state index contributed by atoms with van der Waals surface area (Å²) in [6.45, 7) is 0. The van der Waals surface area contributed by atoms with Crippen molar-refractivity contribution in [2.45, 2.75) is 17.7 Å². The Morgan fingerprint density at radius 2 is 1.74 bits per heavy atom. The first-order chi connectivity index (χ1) is 9.12. The molecule has 1 radical (unpaired) electrons. The standard InChI is InChI=1S/C14H14NO3S/c1-18-13-8-9-14(12-5-3-2-4-11(12)13)19(16,17)15-10-6-7-10/h2-5,8-9,15H,6-7H2,1H3. The van der Waals surface area contributed by atoms with E-state index in [0.29, 0.717) is 16.0 Å². The molecule has 0 heterocycles. The summed E-state index contributed by atoms with van der Waals surface area (Å²) in [5, 5.41) is 1.48. The van der Waals surface area contributed by atoms with Crippen molar-refractivity contribution in [2.75, 3.05) is 7.11 Å². The molecule has 99 valence electrons. The molecule has 0 aliphatic heterocycles. The molecule has 0 bridgehead atoms. The van der Waals surface area contributed by atoms with Gasteiger partial charge in [0.1, 0.15) is 5.75 Å². The molecule has 0 spiro atoms. The number of fused-ring (bicyclic) bond motifs is 1. The summed E-state index contributed by atoms with van der Waals surface area (Å²) in [5.74, 6) is 0.675. The van der Waals surface area contributed by atoms with Gasteiger partial charge in [0.2, 0.25) is 10.0 Å². The lowest BCUT2D eigenvalue weighted by Gasteiger charge is -2.11. The second-order valence-corrected chi connectivity index (χ2v) is 6.17. The van der Waals surface area contributed by atoms with Crippen LogP contribution in [-0.4, -0.2) is 15.5 Å². The van der Waals surface area contributed by atoms with Gasteiger partial charge in [-0.25, -0.2) is 13.1 Å². The largest absolute Gasteiger partial charge is 0.496 e. The molecule has 19 heavy (non-hydrogen) atoms. The van der Waals surface area contributed by atoms with Gasteiger partial charge in [-0.15, -0.1) is 0 Å². The van der Waals surface area contributed by atoms with Crippen molar-refractivity contribution in [3.63, 3.8) is 0 Å². The van der Waals surface area contributed by atoms with Crippen molar-refractivity contribution in [2.24, 2.45) is 0 Å². The van der Waals surface area contributed by atoms with Gasteiger partial charge in [-0.3, -0.25) is 0 Å². The molecule has 1 fully saturated rings. The highest BCUT2D eigenvalue weighted by atomic mass is 32.2. The second-order valence-electron chi connectivity index (χ2n) is 4.52. The van der Waals surface area contributed by atoms with Crippen LogP contribution >= 0.6 is 0 Å². The average Bonchev–Trinajstić information content (AvgIpc) is 3.20. The highest BCUT2D eigenvalue weighted by Crippen LogP contribution is 2.34. The Labute approximate surface area is 112 Å². The van der Waals surface area contributed by atoms with Crippen LogP contribution in [0.3, 0.4) is 0 Å². The van der Waals surface area contributed by atoms with Crippen molar-refractivity contribution in [3.05, 3.63) is 42.4 Å². The molecular weight excluding hydrogens is 262 g/mol. The second kappa shape index (κ2) is 4.51. The van der Waals surface area contributed by atoms with E-state index in [1.807, 2.05) is 18.2 Å². The fourth-order valence-electron chi connectivity index (χ4n) is 2.07. The van der Waals surface area contributed by atoms with E-state index >= 15 is 0 Å². The Bertz CT molecular complexity index is 721. The molecule has 2 aromatic carbocycles. The van der Waals surface area contributed by atoms with Gasteiger partial charge >= 0.3 is 0 Å². The Morgan fingerprint density at radius 3 is 2.37 bits per heavy atom. The monoisotopic (exact) mass is 276 g/mol. The van der Waals surface area contributed by atoms with Crippen LogP contribution in [0.15, 0.2) is 41.3 Å². The SMILES string of the molecule is COc1ccc(S(=O)(=O)N[C]2CC2)c2ccccc12. The van der Waals surface area contributed by atoms with E-state index in [2.05, 4.69) is 4.72 Å². The molecular formula is C14H14NO3S. The van der Waals surface area contributed by atoms with Crippen molar-refractivity contribution < 1.29 is 13.2 Å². The molecule has 0 unspecified atom stereocenters. The predicted octanol–water partition coefficient (Wildman–Crippen LogP) is 2.45. The first kappa shape index (κ1) is 12.4. The molecule has 0 atom stereocenters. The molecule has 4 nitrogen and oxygen atoms in total. The van der Waals surface area contributed by atoms with Gasteiger partial charge < -0.3 is 4.74 Å². The van der Waals surface area contributed by atoms with Gasteiger partial charge in [0.15, 0.2) is 0 Å². The minimum atomic E-state index is -3.49. The topological polar surface area (TPSA) is 55.4 Å². The molecule has 2 aromatic rings. The number of methoxy groups -OCH3 is 1. The number of rotatable bonds is 4. The fourth-order valence-corrected chi connectivity index (χ4v) is 3.47. The van der Waals surface area contributed by atoms with Crippen LogP contribution in [-0.2, 0) is 10.0 Å². The van der Waals surface area contributed by atoms with Crippen molar-refractivity contribution in [1.82, 2.24) is 4.72 Å². The van der Waals surface area contributed by atoms with Gasteiger partial charge in [-0.2, -0.15) is 0 Å². The van der Waals surface area contributed by atoms with Crippen molar-refractivity contribution >= 4 is 20.8 Å². The normalized spacial score (nSPS) is 15.6. The fraction of sp³-hybridized carbons (Fsp3) is 0.214. The van der Waals surface area contributed by atoms with Crippen LogP contribution in [0.2, 0.25) is 0 Å². The summed E-state index contributed by atoms with van der Waals surface area (Å²) < 4.78 is 32.5. The molecule has 0 aromatic heterocycles. The first-order valence-corrected chi connectivity index (χ1v) is 7.53. The predicted molar refractivity (Wildman–Crippen MR) is 73.3 cm³/mol. The van der Waals surface area contributed by atoms with E-state index in [1.54, 1.807) is 25.3 Å². The molecule has 1 aliphatic rings. The number of benzene rings is 2. The van der Waals surface area contributed by atoms with Gasteiger partial charge in [0, 0.05) is 10.8 Å². The molecule has 1 N–H and O–H groups in total. The molecule has 5 heteroatoms. The summed E-state index contributed by atoms with van der Waals surface area (Å²) in [5.41, 5.74) is 0. The van der Waals surface area contributed by atoms with Gasteiger partial charge in [0.25, 0.3) is 0 Å². The zero-order valence-electron chi connectivity index (χ0n) is 10.5. The third-order valence-electron chi connectivity index (χ3n) is 3.13. The van der Waals surface area contributed by atoms with Gasteiger partial charge in [-0.05, 0) is 25.0 Å². The minimum Gasteiger partial charge on any atom is -0.496 e. The molecule has 0 amide bonds. The van der Waals surface area contributed by atoms with Crippen LogP contribution in [0.1, 0.15) is 12.8 Å². The van der Waals surface area contributed by atoms with E-state index in [1.165, 1.54) is 0 Å². The van der Waals surface area contributed by atoms with E-state index in [4.69, 9.17) is 4.74 Å². The highest BCUT2D eigenvalue weighted by Gasteiger charge is 2.30. The van der Waals surface area contributed by atoms with E-state index < -0.39 is 10.0 Å². The minimum absolute atomic E-state index is 0.295. The third-order valence-corrected chi connectivity index (χ3v) is 4.62. The van der Waals surface area contributed by atoms with Gasteiger partial charge in [-0.1, -0.05) is 24.3 Å². The number of sulfonamides is 1. The Kier molecular flexibility index (Phi) is 2.95. The van der Waals surface area contributed by atoms with E-state index in [0.717, 1.165) is 24.3 Å². The smallest absolute Gasteiger partial charge is 0.241 e. The number of hydrogen-bond acceptors (Lipinski definition) is 3. The lowest BCUT2D eigenvalue weighted by molar-refractivity contribution is 0.419. The lowest BCUT2D eigenvalue weighted by atomic mass is 10.1. The van der Waals surface area contributed by atoms with E-state index in [-0.39, 0.29) is 0 Å². The summed E-state index contributed by atoms with van der Waals surface area (Å²) in [7, 11) is -1.91. The van der Waals surface area contributed by atoms with Crippen molar-refractivity contribution in [3.8, 4) is 5.75 Å². The average molecular weight is 276 g/mol. The summed E-state index contributed by atoms with van der Waals surface area (Å²) in [4.78, 5) is 0.295. The summed E-state index contributed by atoms with van der Waals surface area (Å²) in [6.07, 6.45) is 1.68. The molecule has 1 saturated carbocycles. The zero-order chi connectivity index (χ0) is 13.5. The Hall–Kier alpha value is -1.59. The highest BCUT2D eigenvalue weighted by molar-refractivity contribution is 7.89. The van der Waals surface area contributed by atoms with Crippen LogP contribution < -0.4 is 9.46 Å². The van der Waals surface area contributed by atoms with Crippen LogP contribution in [0, 0.1) is 6.04 Å². The maximum atomic E-state index is 12.3. The van der Waals surface area contributed by atoms with Crippen LogP contribution in [0.5, 0.6) is 5.75 Å². The van der Waals surface area contributed by atoms with Crippen molar-refractivity contribution in [1.29, 1.82) is 0 Å². The number of ether oxygens (including phenoxy) is 1. The Morgan fingerprint density at radius 1 is 1.05 bits per heavy atom. The summed E-state index contributed by atoms with van der Waals surface area (Å²) in [6, 6.07) is 11.5. The number of hydrogen-bond donors (Lipinski definition) is 1. The van der Waals surface area contributed by atoms with Crippen LogP contribution in [0.4, 0.5) is 0 Å². The maximum absolute atomic E-state index is 12.3.